The summed E-state index contributed by atoms with van der Waals surface area (Å²) in [6.07, 6.45) is 1.67. The van der Waals surface area contributed by atoms with Crippen LogP contribution in [0.1, 0.15) is 28.8 Å². The number of aryl methyl sites for hydroxylation is 1. The number of nitrogens with zero attached hydrogens (tertiary/aromatic N) is 2. The Bertz CT molecular complexity index is 584. The molecule has 0 bridgehead atoms. The van der Waals surface area contributed by atoms with E-state index in [0.717, 1.165) is 45.7 Å². The van der Waals surface area contributed by atoms with E-state index in [-0.39, 0.29) is 17.8 Å². The van der Waals surface area contributed by atoms with Crippen LogP contribution in [0.5, 0.6) is 0 Å². The minimum atomic E-state index is -0.328. The fourth-order valence-electron chi connectivity index (χ4n) is 3.41. The van der Waals surface area contributed by atoms with E-state index in [0.29, 0.717) is 30.9 Å². The van der Waals surface area contributed by atoms with Gasteiger partial charge in [-0.25, -0.2) is 4.39 Å². The monoisotopic (exact) mass is 350 g/mol. The Labute approximate surface area is 148 Å². The highest BCUT2D eigenvalue weighted by Crippen LogP contribution is 2.19. The number of morpholine rings is 1. The van der Waals surface area contributed by atoms with Crippen LogP contribution in [0.4, 0.5) is 4.39 Å². The minimum absolute atomic E-state index is 0.0842. The molecule has 0 saturated carbocycles. The summed E-state index contributed by atoms with van der Waals surface area (Å²) in [6.45, 7) is 7.81. The molecule has 0 aliphatic carbocycles. The van der Waals surface area contributed by atoms with Crippen molar-refractivity contribution in [2.45, 2.75) is 25.8 Å². The van der Waals surface area contributed by atoms with Gasteiger partial charge in [-0.05, 0) is 37.5 Å². The zero-order valence-electron chi connectivity index (χ0n) is 14.9. The topological polar surface area (TPSA) is 42.0 Å². The second-order valence-corrected chi connectivity index (χ2v) is 6.76. The Morgan fingerprint density at radius 1 is 1.20 bits per heavy atom. The lowest BCUT2D eigenvalue weighted by Gasteiger charge is -2.36. The summed E-state index contributed by atoms with van der Waals surface area (Å²) in [5.41, 5.74) is 0.985. The number of hydrogen-bond donors (Lipinski definition) is 0. The Kier molecular flexibility index (Phi) is 6.39. The van der Waals surface area contributed by atoms with Crippen molar-refractivity contribution >= 4 is 5.91 Å². The van der Waals surface area contributed by atoms with Crippen LogP contribution in [0.3, 0.4) is 0 Å². The average Bonchev–Trinajstić information content (AvgIpc) is 2.66. The lowest BCUT2D eigenvalue weighted by Crippen LogP contribution is -2.48. The first kappa shape index (κ1) is 18.3. The van der Waals surface area contributed by atoms with Crippen LogP contribution in [-0.4, -0.2) is 74.4 Å². The molecule has 2 saturated heterocycles. The number of halogens is 1. The number of benzene rings is 1. The van der Waals surface area contributed by atoms with Crippen LogP contribution in [0, 0.1) is 12.7 Å². The number of rotatable bonds is 5. The summed E-state index contributed by atoms with van der Waals surface area (Å²) in [5.74, 6) is -0.412. The molecule has 25 heavy (non-hydrogen) atoms. The normalized spacial score (nSPS) is 19.8. The van der Waals surface area contributed by atoms with Crippen molar-refractivity contribution in [3.63, 3.8) is 0 Å². The number of carbonyl (C=O) groups is 1. The van der Waals surface area contributed by atoms with Crippen LogP contribution in [0.25, 0.3) is 0 Å². The number of amides is 1. The Morgan fingerprint density at radius 2 is 1.88 bits per heavy atom. The van der Waals surface area contributed by atoms with Crippen molar-refractivity contribution in [1.82, 2.24) is 9.80 Å². The highest BCUT2D eigenvalue weighted by atomic mass is 19.1. The minimum Gasteiger partial charge on any atom is -0.381 e. The van der Waals surface area contributed by atoms with Crippen LogP contribution < -0.4 is 0 Å². The molecule has 0 spiro atoms. The molecule has 138 valence electrons. The van der Waals surface area contributed by atoms with Crippen LogP contribution in [0.2, 0.25) is 0 Å². The van der Waals surface area contributed by atoms with Gasteiger partial charge in [0.1, 0.15) is 5.82 Å². The van der Waals surface area contributed by atoms with Crippen LogP contribution >= 0.6 is 0 Å². The van der Waals surface area contributed by atoms with Crippen LogP contribution in [-0.2, 0) is 9.47 Å². The number of carbonyl (C=O) groups excluding carboxylic acids is 1. The van der Waals surface area contributed by atoms with E-state index in [4.69, 9.17) is 9.47 Å². The molecule has 2 aliphatic heterocycles. The third-order valence-electron chi connectivity index (χ3n) is 5.07. The smallest absolute Gasteiger partial charge is 0.254 e. The van der Waals surface area contributed by atoms with Crippen molar-refractivity contribution < 1.29 is 18.7 Å². The molecule has 0 radical (unpaired) electrons. The molecule has 2 heterocycles. The molecule has 1 aromatic carbocycles. The first-order valence-corrected chi connectivity index (χ1v) is 9.10. The van der Waals surface area contributed by atoms with Gasteiger partial charge in [0.15, 0.2) is 0 Å². The van der Waals surface area contributed by atoms with E-state index in [1.54, 1.807) is 19.1 Å². The SMILES string of the molecule is Cc1ccc(C(=O)N(CCN2CCOCC2)C2CCOCC2)cc1F. The molecule has 0 aromatic heterocycles. The van der Waals surface area contributed by atoms with Crippen molar-refractivity contribution in [3.8, 4) is 0 Å². The number of ether oxygens (including phenoxy) is 2. The molecule has 2 fully saturated rings. The summed E-state index contributed by atoms with van der Waals surface area (Å²) >= 11 is 0. The van der Waals surface area contributed by atoms with Gasteiger partial charge in [-0.1, -0.05) is 6.07 Å². The molecular formula is C19H27FN2O3. The largest absolute Gasteiger partial charge is 0.381 e. The summed E-state index contributed by atoms with van der Waals surface area (Å²) < 4.78 is 24.7. The fraction of sp³-hybridized carbons (Fsp3) is 0.632. The van der Waals surface area contributed by atoms with Gasteiger partial charge in [0.2, 0.25) is 0 Å². The summed E-state index contributed by atoms with van der Waals surface area (Å²) in [4.78, 5) is 17.3. The highest BCUT2D eigenvalue weighted by molar-refractivity contribution is 5.94. The quantitative estimate of drug-likeness (QED) is 0.815. The fourth-order valence-corrected chi connectivity index (χ4v) is 3.41. The zero-order valence-corrected chi connectivity index (χ0v) is 14.9. The molecule has 1 amide bonds. The van der Waals surface area contributed by atoms with Gasteiger partial charge in [0.25, 0.3) is 5.91 Å². The first-order valence-electron chi connectivity index (χ1n) is 9.10. The number of hydrogen-bond acceptors (Lipinski definition) is 4. The average molecular weight is 350 g/mol. The summed E-state index contributed by atoms with van der Waals surface area (Å²) in [7, 11) is 0. The first-order chi connectivity index (χ1) is 12.1. The van der Waals surface area contributed by atoms with E-state index >= 15 is 0 Å². The summed E-state index contributed by atoms with van der Waals surface area (Å²) in [5, 5.41) is 0. The Balaban J connectivity index is 1.71. The molecule has 0 atom stereocenters. The lowest BCUT2D eigenvalue weighted by molar-refractivity contribution is 0.0141. The maximum absolute atomic E-state index is 13.9. The predicted octanol–water partition coefficient (Wildman–Crippen LogP) is 2.09. The molecule has 0 N–H and O–H groups in total. The van der Waals surface area contributed by atoms with Crippen LogP contribution in [0.15, 0.2) is 18.2 Å². The lowest BCUT2D eigenvalue weighted by atomic mass is 10.0. The third kappa shape index (κ3) is 4.77. The zero-order chi connectivity index (χ0) is 17.6. The van der Waals surface area contributed by atoms with E-state index in [1.165, 1.54) is 6.07 Å². The third-order valence-corrected chi connectivity index (χ3v) is 5.07. The molecule has 0 unspecified atom stereocenters. The molecule has 2 aliphatic rings. The Hall–Kier alpha value is -1.50. The standard InChI is InChI=1S/C19H27FN2O3/c1-15-2-3-16(14-18(15)20)19(23)22(17-4-10-24-11-5-17)7-6-21-8-12-25-13-9-21/h2-3,14,17H,4-13H2,1H3. The maximum atomic E-state index is 13.9. The van der Waals surface area contributed by atoms with Gasteiger partial charge in [-0.15, -0.1) is 0 Å². The maximum Gasteiger partial charge on any atom is 0.254 e. The van der Waals surface area contributed by atoms with E-state index in [9.17, 15) is 9.18 Å². The van der Waals surface area contributed by atoms with E-state index < -0.39 is 0 Å². The van der Waals surface area contributed by atoms with Crippen molar-refractivity contribution in [1.29, 1.82) is 0 Å². The van der Waals surface area contributed by atoms with Gasteiger partial charge >= 0.3 is 0 Å². The summed E-state index contributed by atoms with van der Waals surface area (Å²) in [6, 6.07) is 4.92. The van der Waals surface area contributed by atoms with Crippen molar-refractivity contribution in [3.05, 3.63) is 35.1 Å². The van der Waals surface area contributed by atoms with Gasteiger partial charge < -0.3 is 14.4 Å². The van der Waals surface area contributed by atoms with Crippen molar-refractivity contribution in [2.24, 2.45) is 0 Å². The highest BCUT2D eigenvalue weighted by Gasteiger charge is 2.27. The van der Waals surface area contributed by atoms with E-state index in [2.05, 4.69) is 4.90 Å². The molecule has 3 rings (SSSR count). The molecule has 6 heteroatoms. The molecule has 1 aromatic rings. The van der Waals surface area contributed by atoms with Gasteiger partial charge in [-0.2, -0.15) is 0 Å². The van der Waals surface area contributed by atoms with E-state index in [1.807, 2.05) is 4.90 Å². The Morgan fingerprint density at radius 3 is 2.56 bits per heavy atom. The van der Waals surface area contributed by atoms with Gasteiger partial charge in [0, 0.05) is 51.0 Å². The van der Waals surface area contributed by atoms with Crippen molar-refractivity contribution in [2.75, 3.05) is 52.6 Å². The van der Waals surface area contributed by atoms with Gasteiger partial charge in [-0.3, -0.25) is 9.69 Å². The van der Waals surface area contributed by atoms with Gasteiger partial charge in [0.05, 0.1) is 13.2 Å². The second kappa shape index (κ2) is 8.74. The molecule has 5 nitrogen and oxygen atoms in total. The molecular weight excluding hydrogens is 323 g/mol. The second-order valence-electron chi connectivity index (χ2n) is 6.76. The predicted molar refractivity (Wildman–Crippen MR) is 93.3 cm³/mol.